The molecular formula is C18H18Cl2FNO3S. The number of nitrogens with one attached hydrogen (secondary N) is 1. The predicted molar refractivity (Wildman–Crippen MR) is 99.8 cm³/mol. The van der Waals surface area contributed by atoms with Crippen LogP contribution in [-0.2, 0) is 20.2 Å². The van der Waals surface area contributed by atoms with E-state index in [1.807, 2.05) is 0 Å². The molecule has 3 rings (SSSR count). The third-order valence-electron chi connectivity index (χ3n) is 4.69. The lowest BCUT2D eigenvalue weighted by atomic mass is 9.74. The first-order valence-electron chi connectivity index (χ1n) is 8.11. The minimum absolute atomic E-state index is 0.0621. The van der Waals surface area contributed by atoms with E-state index in [2.05, 4.69) is 4.72 Å². The Morgan fingerprint density at radius 1 is 1.08 bits per heavy atom. The predicted octanol–water partition coefficient (Wildman–Crippen LogP) is 4.16. The lowest BCUT2D eigenvalue weighted by Gasteiger charge is -2.38. The van der Waals surface area contributed by atoms with Crippen LogP contribution >= 0.6 is 23.2 Å². The van der Waals surface area contributed by atoms with Crippen LogP contribution < -0.4 is 4.72 Å². The van der Waals surface area contributed by atoms with Crippen molar-refractivity contribution >= 4 is 33.2 Å². The Labute approximate surface area is 162 Å². The van der Waals surface area contributed by atoms with Crippen molar-refractivity contribution < 1.29 is 17.5 Å². The van der Waals surface area contributed by atoms with Crippen molar-refractivity contribution in [2.75, 3.05) is 19.8 Å². The monoisotopic (exact) mass is 417 g/mol. The summed E-state index contributed by atoms with van der Waals surface area (Å²) in [6.07, 6.45) is 1.26. The number of hydrogen-bond acceptors (Lipinski definition) is 3. The van der Waals surface area contributed by atoms with Gasteiger partial charge in [-0.3, -0.25) is 0 Å². The molecule has 0 spiro atoms. The van der Waals surface area contributed by atoms with E-state index < -0.39 is 15.4 Å². The first-order chi connectivity index (χ1) is 12.3. The van der Waals surface area contributed by atoms with Crippen LogP contribution in [0, 0.1) is 5.82 Å². The van der Waals surface area contributed by atoms with Crippen molar-refractivity contribution in [3.63, 3.8) is 0 Å². The SMILES string of the molecule is O=S(=O)(NCC1(c2ccc(F)cc2)CCOCC1)c1cc(Cl)ccc1Cl. The topological polar surface area (TPSA) is 55.4 Å². The molecule has 26 heavy (non-hydrogen) atoms. The first kappa shape index (κ1) is 19.6. The normalized spacial score (nSPS) is 17.2. The van der Waals surface area contributed by atoms with Crippen molar-refractivity contribution in [3.8, 4) is 0 Å². The Morgan fingerprint density at radius 2 is 1.73 bits per heavy atom. The van der Waals surface area contributed by atoms with Gasteiger partial charge in [-0.1, -0.05) is 35.3 Å². The maximum absolute atomic E-state index is 13.3. The maximum Gasteiger partial charge on any atom is 0.242 e. The minimum atomic E-state index is -3.85. The quantitative estimate of drug-likeness (QED) is 0.794. The second-order valence-electron chi connectivity index (χ2n) is 6.30. The molecule has 0 atom stereocenters. The molecule has 2 aromatic rings. The molecule has 4 nitrogen and oxygen atoms in total. The zero-order chi connectivity index (χ0) is 18.8. The van der Waals surface area contributed by atoms with Gasteiger partial charge in [0.05, 0.1) is 5.02 Å². The highest BCUT2D eigenvalue weighted by atomic mass is 35.5. The highest BCUT2D eigenvalue weighted by molar-refractivity contribution is 7.89. The van der Waals surface area contributed by atoms with Gasteiger partial charge in [0.2, 0.25) is 10.0 Å². The van der Waals surface area contributed by atoms with Crippen LogP contribution in [0.4, 0.5) is 4.39 Å². The van der Waals surface area contributed by atoms with E-state index in [1.165, 1.54) is 30.3 Å². The molecule has 1 heterocycles. The van der Waals surface area contributed by atoms with Gasteiger partial charge in [0, 0.05) is 30.2 Å². The molecule has 0 saturated carbocycles. The third-order valence-corrected chi connectivity index (χ3v) is 6.81. The zero-order valence-corrected chi connectivity index (χ0v) is 16.2. The molecular weight excluding hydrogens is 400 g/mol. The summed E-state index contributed by atoms with van der Waals surface area (Å²) in [5, 5.41) is 0.388. The molecule has 0 amide bonds. The highest BCUT2D eigenvalue weighted by Gasteiger charge is 2.36. The fourth-order valence-electron chi connectivity index (χ4n) is 3.13. The Balaban J connectivity index is 1.88. The second kappa shape index (κ2) is 7.82. The van der Waals surface area contributed by atoms with Gasteiger partial charge in [-0.05, 0) is 48.7 Å². The van der Waals surface area contributed by atoms with Crippen molar-refractivity contribution in [1.82, 2.24) is 4.72 Å². The van der Waals surface area contributed by atoms with E-state index in [0.29, 0.717) is 26.1 Å². The third kappa shape index (κ3) is 4.21. The summed E-state index contributed by atoms with van der Waals surface area (Å²) in [5.74, 6) is -0.331. The number of sulfonamides is 1. The van der Waals surface area contributed by atoms with Crippen molar-refractivity contribution in [3.05, 3.63) is 63.9 Å². The average molecular weight is 418 g/mol. The fourth-order valence-corrected chi connectivity index (χ4v) is 5.01. The van der Waals surface area contributed by atoms with Gasteiger partial charge in [-0.2, -0.15) is 0 Å². The number of ether oxygens (including phenoxy) is 1. The molecule has 140 valence electrons. The fraction of sp³-hybridized carbons (Fsp3) is 0.333. The minimum Gasteiger partial charge on any atom is -0.381 e. The van der Waals surface area contributed by atoms with Crippen LogP contribution in [0.25, 0.3) is 0 Å². The molecule has 2 aromatic carbocycles. The van der Waals surface area contributed by atoms with E-state index in [1.54, 1.807) is 12.1 Å². The van der Waals surface area contributed by atoms with E-state index >= 15 is 0 Å². The van der Waals surface area contributed by atoms with E-state index in [9.17, 15) is 12.8 Å². The second-order valence-corrected chi connectivity index (χ2v) is 8.88. The summed E-state index contributed by atoms with van der Waals surface area (Å²) >= 11 is 11.9. The number of halogens is 3. The standard InChI is InChI=1S/C18H18Cl2FNO3S/c19-14-3-6-16(20)17(11-14)26(23,24)22-12-18(7-9-25-10-8-18)13-1-4-15(21)5-2-13/h1-6,11,22H,7-10,12H2. The maximum atomic E-state index is 13.3. The van der Waals surface area contributed by atoms with E-state index in [-0.39, 0.29) is 27.3 Å². The molecule has 1 fully saturated rings. The summed E-state index contributed by atoms with van der Waals surface area (Å²) in [7, 11) is -3.85. The molecule has 0 aliphatic carbocycles. The van der Waals surface area contributed by atoms with Gasteiger partial charge in [0.1, 0.15) is 10.7 Å². The zero-order valence-electron chi connectivity index (χ0n) is 13.8. The van der Waals surface area contributed by atoms with Gasteiger partial charge < -0.3 is 4.74 Å². The Hall–Kier alpha value is -1.18. The van der Waals surface area contributed by atoms with Gasteiger partial charge in [-0.15, -0.1) is 0 Å². The Kier molecular flexibility index (Phi) is 5.89. The Bertz CT molecular complexity index is 882. The van der Waals surface area contributed by atoms with E-state index in [4.69, 9.17) is 27.9 Å². The van der Waals surface area contributed by atoms with E-state index in [0.717, 1.165) is 5.56 Å². The number of benzene rings is 2. The van der Waals surface area contributed by atoms with Gasteiger partial charge >= 0.3 is 0 Å². The number of rotatable bonds is 5. The van der Waals surface area contributed by atoms with Crippen LogP contribution in [-0.4, -0.2) is 28.2 Å². The molecule has 0 aromatic heterocycles. The molecule has 0 bridgehead atoms. The average Bonchev–Trinajstić information content (AvgIpc) is 2.63. The molecule has 0 radical (unpaired) electrons. The largest absolute Gasteiger partial charge is 0.381 e. The first-order valence-corrected chi connectivity index (χ1v) is 10.3. The summed E-state index contributed by atoms with van der Waals surface area (Å²) in [6, 6.07) is 10.5. The van der Waals surface area contributed by atoms with Crippen LogP contribution in [0.2, 0.25) is 10.0 Å². The van der Waals surface area contributed by atoms with Crippen LogP contribution in [0.1, 0.15) is 18.4 Å². The molecule has 1 saturated heterocycles. The summed E-state index contributed by atoms with van der Waals surface area (Å²) in [5.41, 5.74) is 0.409. The highest BCUT2D eigenvalue weighted by Crippen LogP contribution is 2.35. The lowest BCUT2D eigenvalue weighted by molar-refractivity contribution is 0.0517. The van der Waals surface area contributed by atoms with Crippen LogP contribution in [0.15, 0.2) is 47.4 Å². The summed E-state index contributed by atoms with van der Waals surface area (Å²) in [6.45, 7) is 1.18. The van der Waals surface area contributed by atoms with Gasteiger partial charge in [0.25, 0.3) is 0 Å². The van der Waals surface area contributed by atoms with Crippen molar-refractivity contribution in [1.29, 1.82) is 0 Å². The Morgan fingerprint density at radius 3 is 2.38 bits per heavy atom. The number of hydrogen-bond donors (Lipinski definition) is 1. The molecule has 1 aliphatic heterocycles. The smallest absolute Gasteiger partial charge is 0.242 e. The van der Waals surface area contributed by atoms with Crippen LogP contribution in [0.5, 0.6) is 0 Å². The summed E-state index contributed by atoms with van der Waals surface area (Å²) < 4.78 is 46.8. The van der Waals surface area contributed by atoms with Crippen LogP contribution in [0.3, 0.4) is 0 Å². The molecule has 8 heteroatoms. The van der Waals surface area contributed by atoms with Gasteiger partial charge in [0.15, 0.2) is 0 Å². The lowest BCUT2D eigenvalue weighted by Crippen LogP contribution is -2.44. The van der Waals surface area contributed by atoms with Crippen molar-refractivity contribution in [2.45, 2.75) is 23.2 Å². The molecule has 0 unspecified atom stereocenters. The van der Waals surface area contributed by atoms with Crippen molar-refractivity contribution in [2.24, 2.45) is 0 Å². The van der Waals surface area contributed by atoms with Gasteiger partial charge in [-0.25, -0.2) is 17.5 Å². The summed E-state index contributed by atoms with van der Waals surface area (Å²) in [4.78, 5) is -0.0621. The molecule has 1 aliphatic rings. The molecule has 1 N–H and O–H groups in total.